The van der Waals surface area contributed by atoms with Crippen LogP contribution >= 0.6 is 0 Å². The van der Waals surface area contributed by atoms with E-state index in [4.69, 9.17) is 10.2 Å². The summed E-state index contributed by atoms with van der Waals surface area (Å²) in [6.07, 6.45) is 1.00. The van der Waals surface area contributed by atoms with Crippen molar-refractivity contribution in [2.45, 2.75) is 6.42 Å². The van der Waals surface area contributed by atoms with Crippen LogP contribution in [-0.4, -0.2) is 46.0 Å². The Morgan fingerprint density at radius 2 is 1.22 bits per heavy atom. The van der Waals surface area contributed by atoms with Gasteiger partial charge in [-0.3, -0.25) is 4.79 Å². The van der Waals surface area contributed by atoms with Crippen molar-refractivity contribution in [3.63, 3.8) is 0 Å². The summed E-state index contributed by atoms with van der Waals surface area (Å²) in [5, 5.41) is 16.5. The Kier molecular flexibility index (Phi) is 7.94. The van der Waals surface area contributed by atoms with Gasteiger partial charge in [-0.2, -0.15) is 0 Å². The summed E-state index contributed by atoms with van der Waals surface area (Å²) in [6.45, 7) is 3.13. The maximum Gasteiger partial charge on any atom is 0.341 e. The summed E-state index contributed by atoms with van der Waals surface area (Å²) in [6, 6.07) is 0. The van der Waals surface area contributed by atoms with Crippen LogP contribution in [0.4, 0.5) is 0 Å². The van der Waals surface area contributed by atoms with Crippen molar-refractivity contribution in [3.8, 4) is 0 Å². The molecule has 0 heterocycles. The molecule has 0 aromatic rings. The number of carboxylic acid groups (broad SMARTS) is 2. The van der Waals surface area contributed by atoms with Crippen molar-refractivity contribution in [1.29, 1.82) is 0 Å². The first-order valence-corrected chi connectivity index (χ1v) is 5.62. The average molecular weight is 326 g/mol. The highest BCUT2D eigenvalue weighted by Gasteiger charge is 2.18. The zero-order valence-corrected chi connectivity index (χ0v) is 11.4. The van der Waals surface area contributed by atoms with Crippen LogP contribution in [0.2, 0.25) is 0 Å². The number of hydrogen-bond acceptors (Lipinski definition) is 8. The summed E-state index contributed by atoms with van der Waals surface area (Å²) < 4.78 is 8.27. The fourth-order valence-electron chi connectivity index (χ4n) is 0.905. The molecule has 10 heteroatoms. The Labute approximate surface area is 128 Å². The second kappa shape index (κ2) is 9.39. The number of esters is 4. The van der Waals surface area contributed by atoms with E-state index in [2.05, 4.69) is 16.1 Å². The molecule has 0 aliphatic carbocycles. The van der Waals surface area contributed by atoms with Crippen LogP contribution in [0.5, 0.6) is 0 Å². The molecule has 0 radical (unpaired) electrons. The minimum atomic E-state index is -1.44. The van der Waals surface area contributed by atoms with Crippen molar-refractivity contribution in [1.82, 2.24) is 0 Å². The zero-order valence-electron chi connectivity index (χ0n) is 11.4. The molecule has 0 rings (SSSR count). The Balaban J connectivity index is 4.41. The molecule has 0 aromatic carbocycles. The first-order chi connectivity index (χ1) is 10.6. The van der Waals surface area contributed by atoms with Gasteiger partial charge >= 0.3 is 35.8 Å². The van der Waals surface area contributed by atoms with Crippen LogP contribution in [0.3, 0.4) is 0 Å². The van der Waals surface area contributed by atoms with Crippen LogP contribution in [0.15, 0.2) is 36.5 Å². The van der Waals surface area contributed by atoms with Gasteiger partial charge in [0.2, 0.25) is 0 Å². The fourth-order valence-corrected chi connectivity index (χ4v) is 0.905. The molecule has 0 spiro atoms. The van der Waals surface area contributed by atoms with E-state index < -0.39 is 47.8 Å². The van der Waals surface area contributed by atoms with Gasteiger partial charge < -0.3 is 19.7 Å². The molecule has 122 valence electrons. The van der Waals surface area contributed by atoms with E-state index in [-0.39, 0.29) is 0 Å². The lowest BCUT2D eigenvalue weighted by molar-refractivity contribution is -0.159. The number of rotatable bonds is 7. The first-order valence-electron chi connectivity index (χ1n) is 5.62. The minimum Gasteiger partial charge on any atom is -0.478 e. The molecule has 23 heavy (non-hydrogen) atoms. The highest BCUT2D eigenvalue weighted by Crippen LogP contribution is 2.04. The van der Waals surface area contributed by atoms with Gasteiger partial charge in [0, 0.05) is 29.9 Å². The molecule has 0 saturated carbocycles. The van der Waals surface area contributed by atoms with Gasteiger partial charge in [0.15, 0.2) is 0 Å². The molecule has 0 aliphatic rings. The number of ether oxygens (including phenoxy) is 2. The molecule has 0 bridgehead atoms. The summed E-state index contributed by atoms with van der Waals surface area (Å²) in [5.74, 6) is -8.01. The number of carbonyl (C=O) groups is 6. The van der Waals surface area contributed by atoms with E-state index in [0.717, 1.165) is 0 Å². The molecule has 0 amide bonds. The van der Waals surface area contributed by atoms with Crippen molar-refractivity contribution in [2.75, 3.05) is 0 Å². The summed E-state index contributed by atoms with van der Waals surface area (Å²) in [5.41, 5.74) is -0.540. The van der Waals surface area contributed by atoms with Gasteiger partial charge in [-0.05, 0) is 0 Å². The Morgan fingerprint density at radius 3 is 1.65 bits per heavy atom. The third kappa shape index (κ3) is 9.90. The smallest absolute Gasteiger partial charge is 0.341 e. The molecular weight excluding hydrogens is 316 g/mol. The second-order valence-corrected chi connectivity index (χ2v) is 3.63. The third-order valence-corrected chi connectivity index (χ3v) is 1.78. The number of carbonyl (C=O) groups excluding carboxylic acids is 4. The summed E-state index contributed by atoms with van der Waals surface area (Å²) >= 11 is 0. The van der Waals surface area contributed by atoms with Gasteiger partial charge in [0.05, 0.1) is 6.42 Å². The van der Waals surface area contributed by atoms with Gasteiger partial charge in [0.25, 0.3) is 0 Å². The van der Waals surface area contributed by atoms with E-state index in [1.165, 1.54) is 0 Å². The maximum absolute atomic E-state index is 11.3. The van der Waals surface area contributed by atoms with Crippen LogP contribution < -0.4 is 0 Å². The van der Waals surface area contributed by atoms with Gasteiger partial charge in [0.1, 0.15) is 0 Å². The maximum atomic E-state index is 11.3. The van der Waals surface area contributed by atoms with Gasteiger partial charge in [-0.15, -0.1) is 0 Å². The normalized spacial score (nSPS) is 10.3. The van der Waals surface area contributed by atoms with Crippen LogP contribution in [-0.2, 0) is 38.2 Å². The van der Waals surface area contributed by atoms with Gasteiger partial charge in [-0.1, -0.05) is 6.58 Å². The predicted octanol–water partition coefficient (Wildman–Crippen LogP) is -0.646. The minimum absolute atomic E-state index is 0.431. The quantitative estimate of drug-likeness (QED) is 0.349. The van der Waals surface area contributed by atoms with Crippen molar-refractivity contribution in [3.05, 3.63) is 36.5 Å². The third-order valence-electron chi connectivity index (χ3n) is 1.78. The van der Waals surface area contributed by atoms with E-state index in [1.807, 2.05) is 0 Å². The van der Waals surface area contributed by atoms with Crippen LogP contribution in [0.25, 0.3) is 0 Å². The topological polar surface area (TPSA) is 161 Å². The molecule has 10 nitrogen and oxygen atoms in total. The van der Waals surface area contributed by atoms with Crippen LogP contribution in [0, 0.1) is 0 Å². The molecule has 0 fully saturated rings. The largest absolute Gasteiger partial charge is 0.478 e. The standard InChI is InChI=1S/C13H10O10/c1-7(13(21)23-11(19)5-3-9(16)17)6-12(20)22-10(18)4-2-8(14)15/h2-5H,1,6H2,(H,14,15)(H,16,17)/b4-2-,5-3-. The summed E-state index contributed by atoms with van der Waals surface area (Å²) in [7, 11) is 0. The second-order valence-electron chi connectivity index (χ2n) is 3.63. The molecule has 0 unspecified atom stereocenters. The van der Waals surface area contributed by atoms with Crippen molar-refractivity contribution < 1.29 is 48.5 Å². The van der Waals surface area contributed by atoms with Crippen molar-refractivity contribution >= 4 is 35.8 Å². The lowest BCUT2D eigenvalue weighted by atomic mass is 10.2. The monoisotopic (exact) mass is 326 g/mol. The highest BCUT2D eigenvalue weighted by molar-refractivity contribution is 6.04. The van der Waals surface area contributed by atoms with E-state index >= 15 is 0 Å². The molecule has 0 atom stereocenters. The van der Waals surface area contributed by atoms with Crippen LogP contribution in [0.1, 0.15) is 6.42 Å². The number of aliphatic carboxylic acids is 2. The fraction of sp³-hybridized carbons (Fsp3) is 0.0769. The Bertz CT molecular complexity index is 623. The average Bonchev–Trinajstić information content (AvgIpc) is 2.42. The molecule has 2 N–H and O–H groups in total. The molecule has 0 aromatic heterocycles. The Morgan fingerprint density at radius 1 is 0.783 bits per heavy atom. The zero-order chi connectivity index (χ0) is 18.0. The lowest BCUT2D eigenvalue weighted by Gasteiger charge is -2.03. The van der Waals surface area contributed by atoms with Crippen molar-refractivity contribution in [2.24, 2.45) is 0 Å². The van der Waals surface area contributed by atoms with Gasteiger partial charge in [-0.25, -0.2) is 24.0 Å². The Hall–Kier alpha value is -3.56. The summed E-state index contributed by atoms with van der Waals surface area (Å²) in [4.78, 5) is 64.8. The molecular formula is C13H10O10. The lowest BCUT2D eigenvalue weighted by Crippen LogP contribution is -2.17. The predicted molar refractivity (Wildman–Crippen MR) is 69.5 cm³/mol. The van der Waals surface area contributed by atoms with E-state index in [0.29, 0.717) is 24.3 Å². The number of hydrogen-bond donors (Lipinski definition) is 2. The SMILES string of the molecule is C=C(CC(=O)OC(=O)/C=C\C(=O)O)C(=O)OC(=O)/C=C\C(=O)O. The molecule has 0 aliphatic heterocycles. The highest BCUT2D eigenvalue weighted by atomic mass is 16.6. The molecule has 0 saturated heterocycles. The first kappa shape index (κ1) is 19.4. The van der Waals surface area contributed by atoms with E-state index in [1.54, 1.807) is 0 Å². The number of carboxylic acids is 2. The van der Waals surface area contributed by atoms with E-state index in [9.17, 15) is 28.8 Å².